The topological polar surface area (TPSA) is 85.5 Å². The molecule has 7 heteroatoms. The fourth-order valence-electron chi connectivity index (χ4n) is 2.98. The zero-order chi connectivity index (χ0) is 18.6. The van der Waals surface area contributed by atoms with E-state index >= 15 is 0 Å². The molecule has 138 valence electrons. The molecule has 0 saturated carbocycles. The van der Waals surface area contributed by atoms with Crippen LogP contribution in [-0.4, -0.2) is 30.2 Å². The molecule has 2 heterocycles. The number of aromatic nitrogens is 2. The van der Waals surface area contributed by atoms with Crippen LogP contribution in [0.4, 0.5) is 23.0 Å². The minimum Gasteiger partial charge on any atom is -0.486 e. The second-order valence-corrected chi connectivity index (χ2v) is 6.28. The summed E-state index contributed by atoms with van der Waals surface area (Å²) in [7, 11) is 1.96. The Morgan fingerprint density at radius 3 is 2.63 bits per heavy atom. The Morgan fingerprint density at radius 1 is 1.04 bits per heavy atom. The lowest BCUT2D eigenvalue weighted by atomic mass is 10.2. The molecule has 1 aromatic heterocycles. The first-order valence-electron chi connectivity index (χ1n) is 8.73. The zero-order valence-corrected chi connectivity index (χ0v) is 15.1. The van der Waals surface area contributed by atoms with Crippen LogP contribution in [-0.2, 0) is 6.54 Å². The van der Waals surface area contributed by atoms with E-state index in [1.807, 2.05) is 48.3 Å². The van der Waals surface area contributed by atoms with E-state index in [0.29, 0.717) is 42.8 Å². The summed E-state index contributed by atoms with van der Waals surface area (Å²) in [5, 5.41) is 3.24. The number of ether oxygens (including phenoxy) is 2. The van der Waals surface area contributed by atoms with Crippen LogP contribution in [0, 0.1) is 0 Å². The van der Waals surface area contributed by atoms with Crippen LogP contribution < -0.4 is 25.4 Å². The fourth-order valence-corrected chi connectivity index (χ4v) is 2.98. The summed E-state index contributed by atoms with van der Waals surface area (Å²) in [5.74, 6) is 2.68. The lowest BCUT2D eigenvalue weighted by molar-refractivity contribution is 0.171. The lowest BCUT2D eigenvalue weighted by Gasteiger charge is -2.22. The molecule has 7 nitrogen and oxygen atoms in total. The van der Waals surface area contributed by atoms with E-state index < -0.39 is 0 Å². The number of nitrogens with one attached hydrogen (secondary N) is 1. The molecule has 0 amide bonds. The average molecular weight is 363 g/mol. The van der Waals surface area contributed by atoms with Crippen LogP contribution in [0.15, 0.2) is 54.9 Å². The van der Waals surface area contributed by atoms with Crippen molar-refractivity contribution in [1.29, 1.82) is 0 Å². The van der Waals surface area contributed by atoms with Crippen molar-refractivity contribution >= 4 is 23.0 Å². The summed E-state index contributed by atoms with van der Waals surface area (Å²) in [4.78, 5) is 10.6. The number of hydrogen-bond acceptors (Lipinski definition) is 7. The number of hydrogen-bond donors (Lipinski definition) is 2. The van der Waals surface area contributed by atoms with E-state index in [1.165, 1.54) is 11.9 Å². The highest BCUT2D eigenvalue weighted by Gasteiger charge is 2.15. The van der Waals surface area contributed by atoms with Gasteiger partial charge in [0.1, 0.15) is 25.2 Å². The van der Waals surface area contributed by atoms with Crippen LogP contribution in [0.2, 0.25) is 0 Å². The van der Waals surface area contributed by atoms with E-state index in [9.17, 15) is 0 Å². The Balaban J connectivity index is 1.55. The first kappa shape index (κ1) is 17.0. The van der Waals surface area contributed by atoms with Crippen molar-refractivity contribution in [1.82, 2.24) is 9.97 Å². The van der Waals surface area contributed by atoms with Gasteiger partial charge in [0.25, 0.3) is 0 Å². The molecular formula is C20H21N5O2. The molecule has 1 aliphatic heterocycles. The molecule has 0 bridgehead atoms. The van der Waals surface area contributed by atoms with E-state index in [1.54, 1.807) is 0 Å². The molecule has 0 aliphatic carbocycles. The molecular weight excluding hydrogens is 342 g/mol. The normalized spacial score (nSPS) is 12.5. The molecule has 3 aromatic rings. The van der Waals surface area contributed by atoms with Gasteiger partial charge in [-0.1, -0.05) is 30.3 Å². The van der Waals surface area contributed by atoms with Crippen molar-refractivity contribution in [2.45, 2.75) is 6.54 Å². The van der Waals surface area contributed by atoms with Gasteiger partial charge in [-0.3, -0.25) is 0 Å². The summed E-state index contributed by atoms with van der Waals surface area (Å²) in [6.07, 6.45) is 1.51. The Hall–Kier alpha value is -3.48. The maximum Gasteiger partial charge on any atom is 0.163 e. The number of rotatable bonds is 5. The second-order valence-electron chi connectivity index (χ2n) is 6.28. The predicted molar refractivity (Wildman–Crippen MR) is 106 cm³/mol. The summed E-state index contributed by atoms with van der Waals surface area (Å²) < 4.78 is 11.2. The monoisotopic (exact) mass is 363 g/mol. The van der Waals surface area contributed by atoms with Gasteiger partial charge in [0.15, 0.2) is 23.1 Å². The Labute approximate surface area is 157 Å². The van der Waals surface area contributed by atoms with Crippen LogP contribution in [0.25, 0.3) is 0 Å². The van der Waals surface area contributed by atoms with Crippen LogP contribution in [0.5, 0.6) is 11.5 Å². The number of nitrogen functional groups attached to an aromatic ring is 1. The van der Waals surface area contributed by atoms with Crippen molar-refractivity contribution in [3.63, 3.8) is 0 Å². The highest BCUT2D eigenvalue weighted by molar-refractivity contribution is 5.78. The maximum absolute atomic E-state index is 6.34. The minimum absolute atomic E-state index is 0.492. The molecule has 4 rings (SSSR count). The highest BCUT2D eigenvalue weighted by Crippen LogP contribution is 2.35. The molecule has 2 aromatic carbocycles. The Bertz CT molecular complexity index is 933. The number of fused-ring (bicyclic) bond motifs is 1. The van der Waals surface area contributed by atoms with Crippen molar-refractivity contribution in [2.24, 2.45) is 0 Å². The number of nitrogens with two attached hydrogens (primary N) is 1. The fraction of sp³-hybridized carbons (Fsp3) is 0.200. The lowest BCUT2D eigenvalue weighted by Crippen LogP contribution is -2.20. The van der Waals surface area contributed by atoms with Crippen molar-refractivity contribution in [2.75, 3.05) is 36.2 Å². The van der Waals surface area contributed by atoms with Gasteiger partial charge in [0.2, 0.25) is 0 Å². The molecule has 0 fully saturated rings. The smallest absolute Gasteiger partial charge is 0.163 e. The summed E-state index contributed by atoms with van der Waals surface area (Å²) in [6, 6.07) is 15.8. The van der Waals surface area contributed by atoms with Crippen LogP contribution >= 0.6 is 0 Å². The van der Waals surface area contributed by atoms with Crippen molar-refractivity contribution < 1.29 is 9.47 Å². The van der Waals surface area contributed by atoms with Gasteiger partial charge in [-0.2, -0.15) is 0 Å². The van der Waals surface area contributed by atoms with Crippen molar-refractivity contribution in [3.05, 3.63) is 60.4 Å². The number of anilines is 4. The van der Waals surface area contributed by atoms with Gasteiger partial charge in [-0.05, 0) is 17.7 Å². The van der Waals surface area contributed by atoms with Gasteiger partial charge in [-0.15, -0.1) is 0 Å². The van der Waals surface area contributed by atoms with E-state index in [0.717, 1.165) is 11.4 Å². The van der Waals surface area contributed by atoms with Gasteiger partial charge >= 0.3 is 0 Å². The molecule has 0 spiro atoms. The predicted octanol–water partition coefficient (Wildman–Crippen LogP) is 3.21. The minimum atomic E-state index is 0.492. The van der Waals surface area contributed by atoms with Gasteiger partial charge in [0, 0.05) is 25.3 Å². The molecule has 27 heavy (non-hydrogen) atoms. The highest BCUT2D eigenvalue weighted by atomic mass is 16.6. The third-order valence-corrected chi connectivity index (χ3v) is 4.29. The van der Waals surface area contributed by atoms with Gasteiger partial charge in [-0.25, -0.2) is 9.97 Å². The first-order valence-corrected chi connectivity index (χ1v) is 8.73. The van der Waals surface area contributed by atoms with E-state index in [2.05, 4.69) is 27.4 Å². The van der Waals surface area contributed by atoms with E-state index in [-0.39, 0.29) is 0 Å². The summed E-state index contributed by atoms with van der Waals surface area (Å²) >= 11 is 0. The Kier molecular flexibility index (Phi) is 4.65. The quantitative estimate of drug-likeness (QED) is 0.720. The first-order chi connectivity index (χ1) is 13.2. The standard InChI is InChI=1S/C20H21N5O2/c1-25(12-14-5-3-2-4-6-14)20-18(21)19(22-13-23-20)24-15-7-8-16-17(11-15)27-10-9-26-16/h2-8,11,13H,9-10,12,21H2,1H3,(H,22,23,24). The molecule has 1 aliphatic rings. The molecule has 0 radical (unpaired) electrons. The van der Waals surface area contributed by atoms with Gasteiger partial charge < -0.3 is 25.4 Å². The summed E-state index contributed by atoms with van der Waals surface area (Å²) in [5.41, 5.74) is 8.83. The third-order valence-electron chi connectivity index (χ3n) is 4.29. The third kappa shape index (κ3) is 3.72. The van der Waals surface area contributed by atoms with Crippen LogP contribution in [0.3, 0.4) is 0 Å². The second kappa shape index (κ2) is 7.41. The maximum atomic E-state index is 6.34. The number of benzene rings is 2. The molecule has 3 N–H and O–H groups in total. The summed E-state index contributed by atoms with van der Waals surface area (Å²) in [6.45, 7) is 1.81. The number of nitrogens with zero attached hydrogens (tertiary/aromatic N) is 3. The molecule has 0 unspecified atom stereocenters. The molecule has 0 atom stereocenters. The largest absolute Gasteiger partial charge is 0.486 e. The molecule has 0 saturated heterocycles. The van der Waals surface area contributed by atoms with Crippen LogP contribution in [0.1, 0.15) is 5.56 Å². The van der Waals surface area contributed by atoms with Gasteiger partial charge in [0.05, 0.1) is 0 Å². The SMILES string of the molecule is CN(Cc1ccccc1)c1ncnc(Nc2ccc3c(c2)OCCO3)c1N. The average Bonchev–Trinajstić information content (AvgIpc) is 2.70. The van der Waals surface area contributed by atoms with E-state index in [4.69, 9.17) is 15.2 Å². The zero-order valence-electron chi connectivity index (χ0n) is 15.1. The van der Waals surface area contributed by atoms with Crippen molar-refractivity contribution in [3.8, 4) is 11.5 Å². The Morgan fingerprint density at radius 2 is 1.81 bits per heavy atom.